The van der Waals surface area contributed by atoms with Crippen LogP contribution in [0.4, 0.5) is 0 Å². The summed E-state index contributed by atoms with van der Waals surface area (Å²) in [5.74, 6) is 1.61. The minimum atomic E-state index is 0.125. The van der Waals surface area contributed by atoms with Crippen LogP contribution in [-0.2, 0) is 18.0 Å². The highest BCUT2D eigenvalue weighted by Gasteiger charge is 2.21. The number of hydrogen-bond acceptors (Lipinski definition) is 8. The molecule has 0 amide bonds. The molecule has 0 aliphatic carbocycles. The molecule has 0 bridgehead atoms. The SMILES string of the molecule is Cc1c(COc2cc(OCc3cncc(C#N)c3)c(C=O)cc2Cl)cccc1-c1cccc(OCCCN2C[C@@H](C)O[C@@H](C)C2)c1C. The third kappa shape index (κ3) is 8.69. The van der Waals surface area contributed by atoms with Gasteiger partial charge in [-0.1, -0.05) is 41.9 Å². The summed E-state index contributed by atoms with van der Waals surface area (Å²) in [5.41, 5.74) is 6.82. The van der Waals surface area contributed by atoms with Crippen LogP contribution < -0.4 is 14.2 Å². The number of carbonyl (C=O) groups excluding carboxylic acids is 1. The van der Waals surface area contributed by atoms with E-state index in [-0.39, 0.29) is 25.4 Å². The fourth-order valence-corrected chi connectivity index (χ4v) is 6.18. The molecule has 4 aromatic rings. The van der Waals surface area contributed by atoms with Gasteiger partial charge in [0.05, 0.1) is 35.0 Å². The Labute approximate surface area is 281 Å². The summed E-state index contributed by atoms with van der Waals surface area (Å²) in [4.78, 5) is 18.3. The number of morpholine rings is 1. The minimum absolute atomic E-state index is 0.125. The number of aldehydes is 1. The first-order chi connectivity index (χ1) is 22.7. The maximum Gasteiger partial charge on any atom is 0.153 e. The number of halogens is 1. The van der Waals surface area contributed by atoms with Crippen LogP contribution in [0.5, 0.6) is 17.2 Å². The lowest BCUT2D eigenvalue weighted by atomic mass is 9.93. The van der Waals surface area contributed by atoms with Crippen LogP contribution in [0.1, 0.15) is 58.4 Å². The average molecular weight is 654 g/mol. The first kappa shape index (κ1) is 33.9. The fourth-order valence-electron chi connectivity index (χ4n) is 5.95. The quantitative estimate of drug-likeness (QED) is 0.107. The van der Waals surface area contributed by atoms with Gasteiger partial charge in [-0.25, -0.2) is 0 Å². The van der Waals surface area contributed by atoms with Gasteiger partial charge in [0, 0.05) is 43.7 Å². The average Bonchev–Trinajstić information content (AvgIpc) is 3.06. The van der Waals surface area contributed by atoms with Crippen LogP contribution in [0.3, 0.4) is 0 Å². The van der Waals surface area contributed by atoms with Crippen molar-refractivity contribution in [2.45, 2.75) is 59.5 Å². The van der Waals surface area contributed by atoms with Gasteiger partial charge in [0.15, 0.2) is 6.29 Å². The van der Waals surface area contributed by atoms with E-state index in [2.05, 4.69) is 55.8 Å². The molecular formula is C38H40ClN3O5. The highest BCUT2D eigenvalue weighted by molar-refractivity contribution is 6.32. The lowest BCUT2D eigenvalue weighted by molar-refractivity contribution is -0.0686. The van der Waals surface area contributed by atoms with Gasteiger partial charge in [-0.05, 0) is 80.1 Å². The van der Waals surface area contributed by atoms with E-state index < -0.39 is 0 Å². The fraction of sp³-hybridized carbons (Fsp3) is 0.342. The van der Waals surface area contributed by atoms with E-state index >= 15 is 0 Å². The number of ether oxygens (including phenoxy) is 4. The number of rotatable bonds is 13. The number of hydrogen-bond donors (Lipinski definition) is 0. The maximum absolute atomic E-state index is 11.8. The molecule has 47 heavy (non-hydrogen) atoms. The topological polar surface area (TPSA) is 93.9 Å². The molecule has 5 rings (SSSR count). The van der Waals surface area contributed by atoms with E-state index in [1.54, 1.807) is 18.3 Å². The molecular weight excluding hydrogens is 614 g/mol. The van der Waals surface area contributed by atoms with Crippen molar-refractivity contribution in [3.8, 4) is 34.4 Å². The number of benzene rings is 3. The van der Waals surface area contributed by atoms with Crippen LogP contribution in [0.2, 0.25) is 5.02 Å². The molecule has 8 nitrogen and oxygen atoms in total. The van der Waals surface area contributed by atoms with E-state index in [1.165, 1.54) is 12.3 Å². The van der Waals surface area contributed by atoms with E-state index in [0.29, 0.717) is 46.1 Å². The Hall–Kier alpha value is -4.42. The lowest BCUT2D eigenvalue weighted by Crippen LogP contribution is -2.45. The van der Waals surface area contributed by atoms with Gasteiger partial charge in [-0.15, -0.1) is 0 Å². The molecule has 1 aliphatic heterocycles. The number of aromatic nitrogens is 1. The second kappa shape index (κ2) is 15.9. The summed E-state index contributed by atoms with van der Waals surface area (Å²) in [5, 5.41) is 9.45. The van der Waals surface area contributed by atoms with Crippen molar-refractivity contribution in [1.82, 2.24) is 9.88 Å². The Morgan fingerprint density at radius 3 is 2.40 bits per heavy atom. The van der Waals surface area contributed by atoms with Gasteiger partial charge in [0.2, 0.25) is 0 Å². The molecule has 0 spiro atoms. The van der Waals surface area contributed by atoms with Gasteiger partial charge in [0.1, 0.15) is 36.5 Å². The number of nitrogens with zero attached hydrogens (tertiary/aromatic N) is 3. The summed E-state index contributed by atoms with van der Waals surface area (Å²) in [6.45, 7) is 12.4. The first-order valence-electron chi connectivity index (χ1n) is 15.8. The molecule has 0 unspecified atom stereocenters. The summed E-state index contributed by atoms with van der Waals surface area (Å²) >= 11 is 6.51. The number of carbonyl (C=O) groups is 1. The number of pyridine rings is 1. The lowest BCUT2D eigenvalue weighted by Gasteiger charge is -2.35. The molecule has 1 aliphatic rings. The summed E-state index contributed by atoms with van der Waals surface area (Å²) < 4.78 is 24.2. The number of nitriles is 1. The first-order valence-corrected chi connectivity index (χ1v) is 16.2. The van der Waals surface area contributed by atoms with Crippen molar-refractivity contribution in [3.63, 3.8) is 0 Å². The second-order valence-corrected chi connectivity index (χ2v) is 12.4. The molecule has 244 valence electrons. The maximum atomic E-state index is 11.8. The van der Waals surface area contributed by atoms with Gasteiger partial charge in [-0.2, -0.15) is 5.26 Å². The molecule has 3 aromatic carbocycles. The van der Waals surface area contributed by atoms with Crippen LogP contribution in [0, 0.1) is 25.2 Å². The van der Waals surface area contributed by atoms with Gasteiger partial charge in [-0.3, -0.25) is 14.7 Å². The van der Waals surface area contributed by atoms with Crippen molar-refractivity contribution >= 4 is 17.9 Å². The van der Waals surface area contributed by atoms with Crippen molar-refractivity contribution in [2.75, 3.05) is 26.2 Å². The molecule has 0 radical (unpaired) electrons. The van der Waals surface area contributed by atoms with E-state index in [9.17, 15) is 4.79 Å². The predicted molar refractivity (Wildman–Crippen MR) is 182 cm³/mol. The minimum Gasteiger partial charge on any atom is -0.493 e. The standard InChI is InChI=1S/C38H40ClN3O5/c1-25-20-42(21-26(2)47-25)12-7-13-44-36-11-6-10-34(28(36)4)33-9-5-8-31(27(33)3)24-46-38-16-37(32(22-43)15-35(38)39)45-23-30-14-29(17-40)18-41-19-30/h5-6,8-11,14-16,18-19,22,25-26H,7,12-13,20-21,23-24H2,1-4H3/t25-,26+. The molecule has 9 heteroatoms. The Balaban J connectivity index is 1.25. The third-order valence-electron chi connectivity index (χ3n) is 8.28. The normalized spacial score (nSPS) is 16.3. The third-order valence-corrected chi connectivity index (χ3v) is 8.58. The van der Waals surface area contributed by atoms with Crippen LogP contribution in [0.15, 0.2) is 67.0 Å². The molecule has 2 atom stereocenters. The molecule has 2 heterocycles. The summed E-state index contributed by atoms with van der Waals surface area (Å²) in [6, 6.07) is 19.2. The molecule has 1 fully saturated rings. The van der Waals surface area contributed by atoms with E-state index in [1.807, 2.05) is 24.3 Å². The zero-order valence-electron chi connectivity index (χ0n) is 27.3. The molecule has 0 N–H and O–H groups in total. The van der Waals surface area contributed by atoms with Crippen LogP contribution in [-0.4, -0.2) is 54.6 Å². The Morgan fingerprint density at radius 1 is 0.936 bits per heavy atom. The summed E-state index contributed by atoms with van der Waals surface area (Å²) in [6.07, 6.45) is 5.25. The molecule has 1 aromatic heterocycles. The predicted octanol–water partition coefficient (Wildman–Crippen LogP) is 7.74. The van der Waals surface area contributed by atoms with Crippen molar-refractivity contribution < 1.29 is 23.7 Å². The molecule has 0 saturated carbocycles. The van der Waals surface area contributed by atoms with Gasteiger partial charge >= 0.3 is 0 Å². The van der Waals surface area contributed by atoms with Gasteiger partial charge < -0.3 is 18.9 Å². The highest BCUT2D eigenvalue weighted by Crippen LogP contribution is 2.36. The van der Waals surface area contributed by atoms with Crippen LogP contribution >= 0.6 is 11.6 Å². The van der Waals surface area contributed by atoms with Crippen molar-refractivity contribution in [1.29, 1.82) is 5.26 Å². The Kier molecular flexibility index (Phi) is 11.5. The van der Waals surface area contributed by atoms with Crippen LogP contribution in [0.25, 0.3) is 11.1 Å². The van der Waals surface area contributed by atoms with Crippen molar-refractivity contribution in [2.24, 2.45) is 0 Å². The highest BCUT2D eigenvalue weighted by atomic mass is 35.5. The van der Waals surface area contributed by atoms with Gasteiger partial charge in [0.25, 0.3) is 0 Å². The Morgan fingerprint density at radius 2 is 1.66 bits per heavy atom. The monoisotopic (exact) mass is 653 g/mol. The van der Waals surface area contributed by atoms with E-state index in [0.717, 1.165) is 59.6 Å². The zero-order valence-corrected chi connectivity index (χ0v) is 28.0. The molecule has 1 saturated heterocycles. The van der Waals surface area contributed by atoms with Crippen molar-refractivity contribution in [3.05, 3.63) is 105 Å². The summed E-state index contributed by atoms with van der Waals surface area (Å²) in [7, 11) is 0. The second-order valence-electron chi connectivity index (χ2n) is 11.9. The Bertz CT molecular complexity index is 1740. The smallest absolute Gasteiger partial charge is 0.153 e. The largest absolute Gasteiger partial charge is 0.493 e. The van der Waals surface area contributed by atoms with E-state index in [4.69, 9.17) is 35.8 Å². The zero-order chi connectivity index (χ0) is 33.3.